The van der Waals surface area contributed by atoms with Crippen LogP contribution in [0.3, 0.4) is 0 Å². The molecule has 1 aliphatic carbocycles. The van der Waals surface area contributed by atoms with Crippen LogP contribution in [0.4, 0.5) is 8.78 Å². The summed E-state index contributed by atoms with van der Waals surface area (Å²) in [6.45, 7) is 2.12. The minimum Gasteiger partial charge on any atom is -0.349 e. The van der Waals surface area contributed by atoms with Gasteiger partial charge in [0.2, 0.25) is 11.8 Å². The molecule has 0 spiro atoms. The number of benzene rings is 1. The lowest BCUT2D eigenvalue weighted by Crippen LogP contribution is -2.35. The van der Waals surface area contributed by atoms with E-state index in [4.69, 9.17) is 0 Å². The van der Waals surface area contributed by atoms with E-state index in [1.807, 2.05) is 6.92 Å². The summed E-state index contributed by atoms with van der Waals surface area (Å²) >= 11 is 0. The number of nitrogens with zero attached hydrogens (tertiary/aromatic N) is 1. The highest BCUT2D eigenvalue weighted by Gasteiger charge is 2.31. The summed E-state index contributed by atoms with van der Waals surface area (Å²) in [6.07, 6.45) is 2.06. The zero-order valence-corrected chi connectivity index (χ0v) is 13.5. The first kappa shape index (κ1) is 18.0. The molecular weight excluding hydrogens is 318 g/mol. The van der Waals surface area contributed by atoms with E-state index in [0.29, 0.717) is 18.7 Å². The summed E-state index contributed by atoms with van der Waals surface area (Å²) in [4.78, 5) is 37.3. The highest BCUT2D eigenvalue weighted by Crippen LogP contribution is 2.27. The molecule has 0 heterocycles. The minimum atomic E-state index is -0.965. The number of Topliss-reactive ketones (excluding diaryl/α,β-unsaturated/α-hetero) is 1. The van der Waals surface area contributed by atoms with E-state index in [2.05, 4.69) is 5.32 Å². The van der Waals surface area contributed by atoms with Gasteiger partial charge in [0.05, 0.1) is 12.1 Å². The van der Waals surface area contributed by atoms with Crippen LogP contribution in [0.5, 0.6) is 0 Å². The Balaban J connectivity index is 1.76. The lowest BCUT2D eigenvalue weighted by Gasteiger charge is -2.20. The number of carbonyl (C=O) groups excluding carboxylic acids is 3. The van der Waals surface area contributed by atoms with E-state index in [0.717, 1.165) is 25.0 Å². The fourth-order valence-electron chi connectivity index (χ4n) is 2.47. The maximum atomic E-state index is 13.5. The van der Waals surface area contributed by atoms with Crippen LogP contribution in [0.1, 0.15) is 43.0 Å². The molecule has 7 heteroatoms. The van der Waals surface area contributed by atoms with Gasteiger partial charge >= 0.3 is 0 Å². The fourth-order valence-corrected chi connectivity index (χ4v) is 2.47. The van der Waals surface area contributed by atoms with E-state index in [-0.39, 0.29) is 24.3 Å². The number of ketones is 1. The van der Waals surface area contributed by atoms with Gasteiger partial charge in [-0.15, -0.1) is 0 Å². The smallest absolute Gasteiger partial charge is 0.223 e. The third-order valence-electron chi connectivity index (χ3n) is 3.89. The summed E-state index contributed by atoms with van der Waals surface area (Å²) in [6, 6.07) is 2.93. The maximum absolute atomic E-state index is 13.5. The average Bonchev–Trinajstić information content (AvgIpc) is 3.36. The van der Waals surface area contributed by atoms with Crippen molar-refractivity contribution in [1.29, 1.82) is 0 Å². The SMILES string of the molecule is CCN(C(=O)CCC(=O)NCC(=O)c1ccc(F)cc1F)C1CC1. The molecule has 0 unspecified atom stereocenters. The Labute approximate surface area is 139 Å². The summed E-state index contributed by atoms with van der Waals surface area (Å²) in [5, 5.41) is 2.36. The Morgan fingerprint density at radius 1 is 1.21 bits per heavy atom. The van der Waals surface area contributed by atoms with E-state index in [1.165, 1.54) is 0 Å². The largest absolute Gasteiger partial charge is 0.349 e. The number of hydrogen-bond donors (Lipinski definition) is 1. The molecule has 0 aliphatic heterocycles. The molecule has 1 N–H and O–H groups in total. The van der Waals surface area contributed by atoms with Crippen LogP contribution in [0.15, 0.2) is 18.2 Å². The highest BCUT2D eigenvalue weighted by molar-refractivity contribution is 5.99. The van der Waals surface area contributed by atoms with Crippen molar-refractivity contribution in [2.75, 3.05) is 13.1 Å². The van der Waals surface area contributed by atoms with Crippen molar-refractivity contribution >= 4 is 17.6 Å². The van der Waals surface area contributed by atoms with Crippen LogP contribution in [0.25, 0.3) is 0 Å². The van der Waals surface area contributed by atoms with Crippen LogP contribution >= 0.6 is 0 Å². The van der Waals surface area contributed by atoms with Gasteiger partial charge in [0, 0.05) is 31.5 Å². The quantitative estimate of drug-likeness (QED) is 0.738. The molecule has 24 heavy (non-hydrogen) atoms. The van der Waals surface area contributed by atoms with Crippen molar-refractivity contribution in [2.45, 2.75) is 38.6 Å². The Morgan fingerprint density at radius 2 is 1.92 bits per heavy atom. The Bertz CT molecular complexity index is 645. The summed E-state index contributed by atoms with van der Waals surface area (Å²) in [5.41, 5.74) is -0.279. The Hall–Kier alpha value is -2.31. The molecule has 1 aliphatic rings. The van der Waals surface area contributed by atoms with Crippen LogP contribution in [0.2, 0.25) is 0 Å². The van der Waals surface area contributed by atoms with Crippen LogP contribution in [0, 0.1) is 11.6 Å². The zero-order chi connectivity index (χ0) is 17.7. The lowest BCUT2D eigenvalue weighted by molar-refractivity contribution is -0.133. The van der Waals surface area contributed by atoms with Crippen molar-refractivity contribution in [3.8, 4) is 0 Å². The van der Waals surface area contributed by atoms with Gasteiger partial charge < -0.3 is 10.2 Å². The van der Waals surface area contributed by atoms with Gasteiger partial charge in [-0.3, -0.25) is 14.4 Å². The lowest BCUT2D eigenvalue weighted by atomic mass is 10.1. The van der Waals surface area contributed by atoms with E-state index in [1.54, 1.807) is 4.90 Å². The molecule has 130 valence electrons. The van der Waals surface area contributed by atoms with Crippen molar-refractivity contribution in [3.63, 3.8) is 0 Å². The van der Waals surface area contributed by atoms with Crippen molar-refractivity contribution in [2.24, 2.45) is 0 Å². The second-order valence-corrected chi connectivity index (χ2v) is 5.74. The molecule has 0 saturated heterocycles. The fraction of sp³-hybridized carbons (Fsp3) is 0.471. The molecule has 0 bridgehead atoms. The number of rotatable bonds is 8. The highest BCUT2D eigenvalue weighted by atomic mass is 19.1. The van der Waals surface area contributed by atoms with E-state index < -0.39 is 29.9 Å². The number of carbonyl (C=O) groups is 3. The van der Waals surface area contributed by atoms with Crippen molar-refractivity contribution < 1.29 is 23.2 Å². The zero-order valence-electron chi connectivity index (χ0n) is 13.5. The second kappa shape index (κ2) is 7.99. The first-order valence-corrected chi connectivity index (χ1v) is 7.96. The molecule has 1 saturated carbocycles. The number of amides is 2. The monoisotopic (exact) mass is 338 g/mol. The molecule has 1 fully saturated rings. The predicted octanol–water partition coefficient (Wildman–Crippen LogP) is 2.05. The standard InChI is InChI=1S/C17H20F2N2O3/c1-2-21(12-4-5-12)17(24)8-7-16(23)20-10-15(22)13-6-3-11(18)9-14(13)19/h3,6,9,12H,2,4-5,7-8,10H2,1H3,(H,20,23). The molecule has 5 nitrogen and oxygen atoms in total. The van der Waals surface area contributed by atoms with Gasteiger partial charge in [-0.2, -0.15) is 0 Å². The van der Waals surface area contributed by atoms with Crippen LogP contribution in [-0.2, 0) is 9.59 Å². The minimum absolute atomic E-state index is 0.0266. The van der Waals surface area contributed by atoms with Crippen LogP contribution in [-0.4, -0.2) is 41.6 Å². The van der Waals surface area contributed by atoms with Crippen molar-refractivity contribution in [3.05, 3.63) is 35.4 Å². The number of hydrogen-bond acceptors (Lipinski definition) is 3. The molecule has 2 rings (SSSR count). The first-order chi connectivity index (χ1) is 11.4. The summed E-state index contributed by atoms with van der Waals surface area (Å²) in [5.74, 6) is -2.92. The summed E-state index contributed by atoms with van der Waals surface area (Å²) in [7, 11) is 0. The molecular formula is C17H20F2N2O3. The average molecular weight is 338 g/mol. The molecule has 0 aromatic heterocycles. The van der Waals surface area contributed by atoms with Gasteiger partial charge in [0.15, 0.2) is 5.78 Å². The van der Waals surface area contributed by atoms with Gasteiger partial charge in [0.25, 0.3) is 0 Å². The number of nitrogens with one attached hydrogen (secondary N) is 1. The number of halogens is 2. The molecule has 0 atom stereocenters. The van der Waals surface area contributed by atoms with E-state index in [9.17, 15) is 23.2 Å². The van der Waals surface area contributed by atoms with Gasteiger partial charge in [-0.1, -0.05) is 0 Å². The van der Waals surface area contributed by atoms with Gasteiger partial charge in [-0.05, 0) is 31.9 Å². The Kier molecular flexibility index (Phi) is 6.00. The van der Waals surface area contributed by atoms with Crippen LogP contribution < -0.4 is 5.32 Å². The predicted molar refractivity (Wildman–Crippen MR) is 83.3 cm³/mol. The molecule has 2 amide bonds. The molecule has 1 aromatic carbocycles. The third-order valence-corrected chi connectivity index (χ3v) is 3.89. The molecule has 1 aromatic rings. The first-order valence-electron chi connectivity index (χ1n) is 7.96. The normalized spacial score (nSPS) is 13.5. The third kappa shape index (κ3) is 4.84. The van der Waals surface area contributed by atoms with Crippen molar-refractivity contribution in [1.82, 2.24) is 10.2 Å². The van der Waals surface area contributed by atoms with Gasteiger partial charge in [0.1, 0.15) is 11.6 Å². The summed E-state index contributed by atoms with van der Waals surface area (Å²) < 4.78 is 26.3. The topological polar surface area (TPSA) is 66.5 Å². The van der Waals surface area contributed by atoms with Gasteiger partial charge in [-0.25, -0.2) is 8.78 Å². The van der Waals surface area contributed by atoms with E-state index >= 15 is 0 Å². The maximum Gasteiger partial charge on any atom is 0.223 e. The molecule has 0 radical (unpaired) electrons. The Morgan fingerprint density at radius 3 is 2.50 bits per heavy atom. The second-order valence-electron chi connectivity index (χ2n) is 5.74.